The highest BCUT2D eigenvalue weighted by Gasteiger charge is 2.43. The van der Waals surface area contributed by atoms with Gasteiger partial charge in [-0.2, -0.15) is 0 Å². The molecule has 3 rings (SSSR count). The third kappa shape index (κ3) is 4.47. The number of methoxy groups -OCH3 is 1. The molecule has 156 valence electrons. The van der Waals surface area contributed by atoms with E-state index in [9.17, 15) is 9.59 Å². The summed E-state index contributed by atoms with van der Waals surface area (Å²) in [7, 11) is 1.63. The number of nitrogens with zero attached hydrogens (tertiary/aromatic N) is 1. The number of ether oxygens (including phenoxy) is 2. The maximum Gasteiger partial charge on any atom is 0.312 e. The lowest BCUT2D eigenvalue weighted by atomic mass is 9.73. The van der Waals surface area contributed by atoms with E-state index >= 15 is 0 Å². The quantitative estimate of drug-likeness (QED) is 0.754. The van der Waals surface area contributed by atoms with Crippen molar-refractivity contribution in [1.82, 2.24) is 9.88 Å². The third-order valence-electron chi connectivity index (χ3n) is 5.78. The predicted molar refractivity (Wildman–Crippen MR) is 111 cm³/mol. The fourth-order valence-corrected chi connectivity index (χ4v) is 4.12. The smallest absolute Gasteiger partial charge is 0.312 e. The molecule has 0 saturated carbocycles. The number of hydrogen-bond acceptors (Lipinski definition) is 4. The first-order chi connectivity index (χ1) is 13.9. The summed E-state index contributed by atoms with van der Waals surface area (Å²) in [4.78, 5) is 30.8. The van der Waals surface area contributed by atoms with Crippen LogP contribution in [0.25, 0.3) is 0 Å². The molecule has 1 aromatic heterocycles. The molecule has 0 atom stereocenters. The van der Waals surface area contributed by atoms with Crippen molar-refractivity contribution in [3.63, 3.8) is 0 Å². The van der Waals surface area contributed by atoms with Crippen molar-refractivity contribution in [2.45, 2.75) is 40.0 Å². The number of likely N-dealkylation sites (tertiary alicyclic amines) is 1. The lowest BCUT2D eigenvalue weighted by molar-refractivity contribution is -0.158. The maximum absolute atomic E-state index is 12.9. The second-order valence-electron chi connectivity index (χ2n) is 7.83. The van der Waals surface area contributed by atoms with Gasteiger partial charge in [-0.25, -0.2) is 0 Å². The van der Waals surface area contributed by atoms with Crippen molar-refractivity contribution >= 4 is 11.9 Å². The molecule has 29 heavy (non-hydrogen) atoms. The number of rotatable bonds is 6. The summed E-state index contributed by atoms with van der Waals surface area (Å²) in [5.41, 5.74) is 3.02. The number of aromatic amines is 1. The summed E-state index contributed by atoms with van der Waals surface area (Å²) in [6, 6.07) is 9.76. The van der Waals surface area contributed by atoms with E-state index in [4.69, 9.17) is 9.47 Å². The van der Waals surface area contributed by atoms with Crippen LogP contribution in [0, 0.1) is 19.3 Å². The topological polar surface area (TPSA) is 71.6 Å². The minimum absolute atomic E-state index is 0.00231. The molecular weight excluding hydrogens is 368 g/mol. The molecule has 0 aliphatic carbocycles. The van der Waals surface area contributed by atoms with E-state index in [1.54, 1.807) is 7.11 Å². The number of amides is 1. The molecule has 0 radical (unpaired) electrons. The van der Waals surface area contributed by atoms with Gasteiger partial charge in [0.25, 0.3) is 5.91 Å². The van der Waals surface area contributed by atoms with E-state index in [1.165, 1.54) is 0 Å². The van der Waals surface area contributed by atoms with Gasteiger partial charge in [0.05, 0.1) is 19.1 Å². The molecule has 1 aliphatic rings. The van der Waals surface area contributed by atoms with E-state index in [-0.39, 0.29) is 11.9 Å². The van der Waals surface area contributed by atoms with Gasteiger partial charge in [-0.1, -0.05) is 12.1 Å². The summed E-state index contributed by atoms with van der Waals surface area (Å²) in [6.07, 6.45) is 1.77. The monoisotopic (exact) mass is 398 g/mol. The Morgan fingerprint density at radius 2 is 1.79 bits per heavy atom. The van der Waals surface area contributed by atoms with Crippen molar-refractivity contribution in [1.29, 1.82) is 0 Å². The van der Waals surface area contributed by atoms with Gasteiger partial charge in [0.2, 0.25) is 0 Å². The SMILES string of the molecule is CCOC(=O)C1(Cc2ccc(OC)cc2)CCN(C(=O)c2[nH]c(C)cc2C)CC1. The molecule has 6 heteroatoms. The number of piperidine rings is 1. The molecule has 1 saturated heterocycles. The Morgan fingerprint density at radius 1 is 1.14 bits per heavy atom. The number of aromatic nitrogens is 1. The van der Waals surface area contributed by atoms with Crippen LogP contribution in [0.5, 0.6) is 5.75 Å². The minimum Gasteiger partial charge on any atom is -0.497 e. The largest absolute Gasteiger partial charge is 0.497 e. The van der Waals surface area contributed by atoms with E-state index in [0.29, 0.717) is 44.7 Å². The Morgan fingerprint density at radius 3 is 2.31 bits per heavy atom. The van der Waals surface area contributed by atoms with Gasteiger partial charge >= 0.3 is 5.97 Å². The Bertz CT molecular complexity index is 862. The van der Waals surface area contributed by atoms with E-state index < -0.39 is 5.41 Å². The maximum atomic E-state index is 12.9. The summed E-state index contributed by atoms with van der Waals surface area (Å²) in [5, 5.41) is 0. The van der Waals surface area contributed by atoms with Crippen LogP contribution in [0.1, 0.15) is 47.1 Å². The number of esters is 1. The zero-order valence-electron chi connectivity index (χ0n) is 17.7. The number of carbonyl (C=O) groups excluding carboxylic acids is 2. The minimum atomic E-state index is -0.609. The highest BCUT2D eigenvalue weighted by Crippen LogP contribution is 2.37. The molecule has 0 spiro atoms. The Kier molecular flexibility index (Phi) is 6.30. The fourth-order valence-electron chi connectivity index (χ4n) is 4.12. The number of benzene rings is 1. The van der Waals surface area contributed by atoms with Crippen LogP contribution >= 0.6 is 0 Å². The number of carbonyl (C=O) groups is 2. The molecule has 1 aliphatic heterocycles. The van der Waals surface area contributed by atoms with Gasteiger partial charge in [-0.3, -0.25) is 9.59 Å². The average molecular weight is 399 g/mol. The van der Waals surface area contributed by atoms with E-state index in [1.807, 2.05) is 56.0 Å². The number of nitrogens with one attached hydrogen (secondary N) is 1. The highest BCUT2D eigenvalue weighted by atomic mass is 16.5. The molecule has 2 aromatic rings. The van der Waals surface area contributed by atoms with Crippen molar-refractivity contribution in [3.8, 4) is 5.75 Å². The number of aryl methyl sites for hydroxylation is 2. The van der Waals surface area contributed by atoms with Crippen LogP contribution in [-0.2, 0) is 16.0 Å². The van der Waals surface area contributed by atoms with Crippen molar-refractivity contribution in [2.75, 3.05) is 26.8 Å². The molecule has 2 heterocycles. The van der Waals surface area contributed by atoms with E-state index in [0.717, 1.165) is 22.6 Å². The highest BCUT2D eigenvalue weighted by molar-refractivity contribution is 5.94. The van der Waals surface area contributed by atoms with Gasteiger partial charge in [-0.15, -0.1) is 0 Å². The third-order valence-corrected chi connectivity index (χ3v) is 5.78. The molecule has 0 bridgehead atoms. The molecular formula is C23H30N2O4. The summed E-state index contributed by atoms with van der Waals surface area (Å²) in [5.74, 6) is 0.614. The van der Waals surface area contributed by atoms with E-state index in [2.05, 4.69) is 4.98 Å². The lowest BCUT2D eigenvalue weighted by Crippen LogP contribution is -2.48. The summed E-state index contributed by atoms with van der Waals surface area (Å²) < 4.78 is 10.7. The molecule has 6 nitrogen and oxygen atoms in total. The van der Waals surface area contributed by atoms with Gasteiger partial charge in [-0.05, 0) is 69.4 Å². The molecule has 1 aromatic carbocycles. The first-order valence-electron chi connectivity index (χ1n) is 10.1. The van der Waals surface area contributed by atoms with Crippen molar-refractivity contribution in [2.24, 2.45) is 5.41 Å². The van der Waals surface area contributed by atoms with Crippen LogP contribution in [0.2, 0.25) is 0 Å². The zero-order valence-corrected chi connectivity index (χ0v) is 17.7. The Hall–Kier alpha value is -2.76. The van der Waals surface area contributed by atoms with Gasteiger partial charge < -0.3 is 19.4 Å². The van der Waals surface area contributed by atoms with Gasteiger partial charge in [0, 0.05) is 18.8 Å². The first-order valence-corrected chi connectivity index (χ1v) is 10.1. The summed E-state index contributed by atoms with van der Waals surface area (Å²) in [6.45, 7) is 7.13. The Balaban J connectivity index is 1.76. The van der Waals surface area contributed by atoms with Crippen LogP contribution in [0.4, 0.5) is 0 Å². The zero-order chi connectivity index (χ0) is 21.0. The summed E-state index contributed by atoms with van der Waals surface area (Å²) >= 11 is 0. The van der Waals surface area contributed by atoms with Gasteiger partial charge in [0.15, 0.2) is 0 Å². The van der Waals surface area contributed by atoms with Crippen LogP contribution in [0.15, 0.2) is 30.3 Å². The van der Waals surface area contributed by atoms with Crippen molar-refractivity contribution in [3.05, 3.63) is 52.8 Å². The van der Waals surface area contributed by atoms with Gasteiger partial charge in [0.1, 0.15) is 11.4 Å². The molecule has 0 unspecified atom stereocenters. The van der Waals surface area contributed by atoms with Crippen LogP contribution in [0.3, 0.4) is 0 Å². The van der Waals surface area contributed by atoms with Crippen LogP contribution < -0.4 is 4.74 Å². The fraction of sp³-hybridized carbons (Fsp3) is 0.478. The Labute approximate surface area is 172 Å². The van der Waals surface area contributed by atoms with Crippen molar-refractivity contribution < 1.29 is 19.1 Å². The standard InChI is InChI=1S/C23H30N2O4/c1-5-29-22(27)23(15-18-6-8-19(28-4)9-7-18)10-12-25(13-11-23)21(26)20-16(2)14-17(3)24-20/h6-9,14,24H,5,10-13,15H2,1-4H3. The second-order valence-corrected chi connectivity index (χ2v) is 7.83. The number of hydrogen-bond donors (Lipinski definition) is 1. The average Bonchev–Trinajstić information content (AvgIpc) is 3.06. The predicted octanol–water partition coefficient (Wildman–Crippen LogP) is 3.67. The number of H-pyrrole nitrogens is 1. The molecule has 1 amide bonds. The molecule has 1 N–H and O–H groups in total. The first kappa shape index (κ1) is 21.0. The van der Waals surface area contributed by atoms with Crippen LogP contribution in [-0.4, -0.2) is 48.6 Å². The second kappa shape index (κ2) is 8.72. The normalized spacial score (nSPS) is 15.8. The lowest BCUT2D eigenvalue weighted by Gasteiger charge is -2.40. The molecule has 1 fully saturated rings.